The van der Waals surface area contributed by atoms with Gasteiger partial charge < -0.3 is 5.73 Å². The Morgan fingerprint density at radius 1 is 1.30 bits per heavy atom. The lowest BCUT2D eigenvalue weighted by molar-refractivity contribution is 0.601. The van der Waals surface area contributed by atoms with Gasteiger partial charge in [-0.15, -0.1) is 0 Å². The van der Waals surface area contributed by atoms with Gasteiger partial charge in [0.05, 0.1) is 11.3 Å². The van der Waals surface area contributed by atoms with Crippen molar-refractivity contribution in [2.24, 2.45) is 0 Å². The van der Waals surface area contributed by atoms with E-state index >= 15 is 0 Å². The smallest absolute Gasteiger partial charge is 0.265 e. The summed E-state index contributed by atoms with van der Waals surface area (Å²) in [5.74, 6) is -0.0915. The molecule has 0 unspecified atom stereocenters. The van der Waals surface area contributed by atoms with Crippen molar-refractivity contribution < 1.29 is 8.42 Å². The monoisotopic (exact) mass is 288 g/mol. The Balaban J connectivity index is 2.48. The minimum atomic E-state index is -3.88. The number of aromatic nitrogens is 1. The number of nitrogen functional groups attached to an aromatic ring is 1. The molecule has 2 aromatic rings. The predicted molar refractivity (Wildman–Crippen MR) is 75.4 cm³/mol. The molecule has 2 rings (SSSR count). The molecule has 102 valence electrons. The first-order chi connectivity index (χ1) is 9.45. The summed E-state index contributed by atoms with van der Waals surface area (Å²) in [5, 5.41) is 9.10. The van der Waals surface area contributed by atoms with E-state index in [1.54, 1.807) is 19.1 Å². The summed E-state index contributed by atoms with van der Waals surface area (Å²) in [6.07, 6.45) is 1.40. The molecule has 6 nitrogen and oxygen atoms in total. The van der Waals surface area contributed by atoms with E-state index in [2.05, 4.69) is 9.71 Å². The summed E-state index contributed by atoms with van der Waals surface area (Å²) in [6, 6.07) is 9.73. The number of sulfonamides is 1. The van der Waals surface area contributed by atoms with E-state index in [1.807, 2.05) is 6.07 Å². The molecule has 0 saturated heterocycles. The number of nitrogens with zero attached hydrogens (tertiary/aromatic N) is 2. The van der Waals surface area contributed by atoms with E-state index in [1.165, 1.54) is 24.4 Å². The lowest BCUT2D eigenvalue weighted by Crippen LogP contribution is -2.16. The average Bonchev–Trinajstić information content (AvgIpc) is 2.39. The number of nitriles is 1. The SMILES string of the molecule is Cc1cccc(NS(=O)(=O)c2cccnc2N)c1C#N. The van der Waals surface area contributed by atoms with Gasteiger partial charge in [0.25, 0.3) is 10.0 Å². The summed E-state index contributed by atoms with van der Waals surface area (Å²) in [6.45, 7) is 1.73. The lowest BCUT2D eigenvalue weighted by Gasteiger charge is -2.11. The van der Waals surface area contributed by atoms with Gasteiger partial charge in [0, 0.05) is 6.20 Å². The zero-order valence-corrected chi connectivity index (χ0v) is 11.5. The quantitative estimate of drug-likeness (QED) is 0.892. The van der Waals surface area contributed by atoms with Crippen LogP contribution in [0.2, 0.25) is 0 Å². The predicted octanol–water partition coefficient (Wildman–Crippen LogP) is 1.64. The molecule has 7 heteroatoms. The standard InChI is InChI=1S/C13H12N4O2S/c1-9-4-2-5-11(10(9)8-14)17-20(18,19)12-6-3-7-16-13(12)15/h2-7,17H,1H3,(H2,15,16). The maximum absolute atomic E-state index is 12.3. The van der Waals surface area contributed by atoms with E-state index in [-0.39, 0.29) is 22.0 Å². The van der Waals surface area contributed by atoms with E-state index in [4.69, 9.17) is 11.0 Å². The van der Waals surface area contributed by atoms with Gasteiger partial charge >= 0.3 is 0 Å². The number of anilines is 2. The zero-order chi connectivity index (χ0) is 14.8. The fourth-order valence-electron chi connectivity index (χ4n) is 1.73. The second-order valence-electron chi connectivity index (χ2n) is 4.10. The number of hydrogen-bond acceptors (Lipinski definition) is 5. The van der Waals surface area contributed by atoms with Crippen molar-refractivity contribution in [2.45, 2.75) is 11.8 Å². The molecule has 0 aliphatic rings. The van der Waals surface area contributed by atoms with Crippen LogP contribution in [0, 0.1) is 18.3 Å². The summed E-state index contributed by atoms with van der Waals surface area (Å²) in [4.78, 5) is 3.62. The second kappa shape index (κ2) is 5.19. The van der Waals surface area contributed by atoms with Gasteiger partial charge in [-0.3, -0.25) is 4.72 Å². The number of nitrogens with two attached hydrogens (primary N) is 1. The number of rotatable bonds is 3. The van der Waals surface area contributed by atoms with Crippen molar-refractivity contribution in [1.29, 1.82) is 5.26 Å². The van der Waals surface area contributed by atoms with E-state index in [0.717, 1.165) is 0 Å². The van der Waals surface area contributed by atoms with Crippen LogP contribution in [0.1, 0.15) is 11.1 Å². The first kappa shape index (κ1) is 13.8. The molecule has 1 heterocycles. The Labute approximate surface area is 116 Å². The number of benzene rings is 1. The van der Waals surface area contributed by atoms with Crippen LogP contribution in [-0.2, 0) is 10.0 Å². The van der Waals surface area contributed by atoms with Gasteiger partial charge in [0.15, 0.2) is 0 Å². The number of pyridine rings is 1. The summed E-state index contributed by atoms with van der Waals surface area (Å²) >= 11 is 0. The van der Waals surface area contributed by atoms with Crippen LogP contribution in [0.25, 0.3) is 0 Å². The molecule has 0 aliphatic heterocycles. The summed E-state index contributed by atoms with van der Waals surface area (Å²) in [5.41, 5.74) is 6.75. The van der Waals surface area contributed by atoms with Crippen molar-refractivity contribution in [2.75, 3.05) is 10.5 Å². The Bertz CT molecular complexity index is 794. The van der Waals surface area contributed by atoms with Crippen LogP contribution in [0.5, 0.6) is 0 Å². The topological polar surface area (TPSA) is 109 Å². The molecule has 20 heavy (non-hydrogen) atoms. The van der Waals surface area contributed by atoms with Crippen LogP contribution in [-0.4, -0.2) is 13.4 Å². The van der Waals surface area contributed by atoms with Crippen molar-refractivity contribution in [3.63, 3.8) is 0 Å². The highest BCUT2D eigenvalue weighted by molar-refractivity contribution is 7.92. The first-order valence-electron chi connectivity index (χ1n) is 5.69. The van der Waals surface area contributed by atoms with Crippen molar-refractivity contribution in [1.82, 2.24) is 4.98 Å². The second-order valence-corrected chi connectivity index (χ2v) is 5.75. The third-order valence-corrected chi connectivity index (χ3v) is 4.13. The molecule has 0 aliphatic carbocycles. The van der Waals surface area contributed by atoms with Gasteiger partial charge in [-0.05, 0) is 30.7 Å². The van der Waals surface area contributed by atoms with Crippen molar-refractivity contribution >= 4 is 21.5 Å². The van der Waals surface area contributed by atoms with E-state index in [0.29, 0.717) is 5.56 Å². The summed E-state index contributed by atoms with van der Waals surface area (Å²) < 4.78 is 26.9. The Morgan fingerprint density at radius 3 is 2.70 bits per heavy atom. The molecular weight excluding hydrogens is 276 g/mol. The first-order valence-corrected chi connectivity index (χ1v) is 7.17. The van der Waals surface area contributed by atoms with Crippen LogP contribution < -0.4 is 10.5 Å². The molecule has 0 bridgehead atoms. The van der Waals surface area contributed by atoms with E-state index in [9.17, 15) is 8.42 Å². The zero-order valence-electron chi connectivity index (χ0n) is 10.7. The van der Waals surface area contributed by atoms with Crippen LogP contribution in [0.15, 0.2) is 41.4 Å². The van der Waals surface area contributed by atoms with Gasteiger partial charge in [-0.25, -0.2) is 13.4 Å². The lowest BCUT2D eigenvalue weighted by atomic mass is 10.1. The van der Waals surface area contributed by atoms with Crippen molar-refractivity contribution in [3.05, 3.63) is 47.7 Å². The number of nitrogens with one attached hydrogen (secondary N) is 1. The molecule has 0 spiro atoms. The largest absolute Gasteiger partial charge is 0.383 e. The minimum Gasteiger partial charge on any atom is -0.383 e. The fourth-order valence-corrected chi connectivity index (χ4v) is 2.89. The van der Waals surface area contributed by atoms with Gasteiger partial charge in [-0.1, -0.05) is 12.1 Å². The van der Waals surface area contributed by atoms with Gasteiger partial charge in [0.1, 0.15) is 16.8 Å². The van der Waals surface area contributed by atoms with E-state index < -0.39 is 10.0 Å². The van der Waals surface area contributed by atoms with Crippen LogP contribution in [0.3, 0.4) is 0 Å². The number of hydrogen-bond donors (Lipinski definition) is 2. The van der Waals surface area contributed by atoms with Gasteiger partial charge in [0.2, 0.25) is 0 Å². The molecule has 3 N–H and O–H groups in total. The molecule has 1 aromatic carbocycles. The molecule has 0 saturated carbocycles. The van der Waals surface area contributed by atoms with Gasteiger partial charge in [-0.2, -0.15) is 5.26 Å². The highest BCUT2D eigenvalue weighted by atomic mass is 32.2. The molecule has 0 radical (unpaired) electrons. The third kappa shape index (κ3) is 2.55. The molecule has 0 atom stereocenters. The third-order valence-electron chi connectivity index (χ3n) is 2.72. The molecular formula is C13H12N4O2S. The maximum atomic E-state index is 12.3. The Hall–Kier alpha value is -2.59. The highest BCUT2D eigenvalue weighted by Crippen LogP contribution is 2.23. The summed E-state index contributed by atoms with van der Waals surface area (Å²) in [7, 11) is -3.88. The normalized spacial score (nSPS) is 10.8. The molecule has 0 amide bonds. The van der Waals surface area contributed by atoms with Crippen LogP contribution in [0.4, 0.5) is 11.5 Å². The molecule has 1 aromatic heterocycles. The number of aryl methyl sites for hydroxylation is 1. The fraction of sp³-hybridized carbons (Fsp3) is 0.0769. The maximum Gasteiger partial charge on any atom is 0.265 e. The molecule has 0 fully saturated rings. The van der Waals surface area contributed by atoms with Crippen LogP contribution >= 0.6 is 0 Å². The Kier molecular flexibility index (Phi) is 3.59. The Morgan fingerprint density at radius 2 is 2.05 bits per heavy atom. The minimum absolute atomic E-state index is 0.0915. The van der Waals surface area contributed by atoms with Crippen molar-refractivity contribution in [3.8, 4) is 6.07 Å². The highest BCUT2D eigenvalue weighted by Gasteiger charge is 2.19. The average molecular weight is 288 g/mol.